The lowest BCUT2D eigenvalue weighted by molar-refractivity contribution is 0.0647. The number of benzene rings is 1. The van der Waals surface area contributed by atoms with Crippen LogP contribution in [0.1, 0.15) is 32.3 Å². The van der Waals surface area contributed by atoms with Crippen LogP contribution in [-0.4, -0.2) is 17.3 Å². The quantitative estimate of drug-likeness (QED) is 0.837. The number of hydrogen-bond acceptors (Lipinski definition) is 2. The molecule has 2 nitrogen and oxygen atoms in total. The van der Waals surface area contributed by atoms with Crippen molar-refractivity contribution in [2.24, 2.45) is 11.8 Å². The van der Waals surface area contributed by atoms with Crippen LogP contribution in [0, 0.1) is 18.8 Å². The first-order chi connectivity index (χ1) is 8.06. The molecule has 17 heavy (non-hydrogen) atoms. The average Bonchev–Trinajstić information content (AvgIpc) is 2.25. The van der Waals surface area contributed by atoms with Crippen molar-refractivity contribution < 1.29 is 5.11 Å². The van der Waals surface area contributed by atoms with Crippen molar-refractivity contribution in [2.45, 2.75) is 39.2 Å². The molecule has 2 rings (SSSR count). The molecule has 0 radical (unpaired) electrons. The van der Waals surface area contributed by atoms with Crippen LogP contribution >= 0.6 is 0 Å². The van der Waals surface area contributed by atoms with E-state index in [2.05, 4.69) is 38.2 Å². The third-order valence-electron chi connectivity index (χ3n) is 4.10. The van der Waals surface area contributed by atoms with Crippen LogP contribution in [0.5, 0.6) is 0 Å². The largest absolute Gasteiger partial charge is 0.394 e. The Morgan fingerprint density at radius 1 is 1.35 bits per heavy atom. The summed E-state index contributed by atoms with van der Waals surface area (Å²) in [4.78, 5) is 0. The van der Waals surface area contributed by atoms with E-state index in [0.717, 1.165) is 24.4 Å². The second-order valence-corrected chi connectivity index (χ2v) is 5.79. The third-order valence-corrected chi connectivity index (χ3v) is 4.10. The predicted octanol–water partition coefficient (Wildman–Crippen LogP) is 3.20. The summed E-state index contributed by atoms with van der Waals surface area (Å²) < 4.78 is 0. The van der Waals surface area contributed by atoms with Gasteiger partial charge >= 0.3 is 0 Å². The van der Waals surface area contributed by atoms with E-state index in [0.29, 0.717) is 5.92 Å². The average molecular weight is 233 g/mol. The minimum absolute atomic E-state index is 0.0823. The fourth-order valence-electron chi connectivity index (χ4n) is 2.68. The van der Waals surface area contributed by atoms with Crippen molar-refractivity contribution in [3.05, 3.63) is 29.8 Å². The summed E-state index contributed by atoms with van der Waals surface area (Å²) in [6.45, 7) is 6.86. The first-order valence-electron chi connectivity index (χ1n) is 6.51. The lowest BCUT2D eigenvalue weighted by atomic mass is 9.64. The zero-order valence-corrected chi connectivity index (χ0v) is 11.0. The summed E-state index contributed by atoms with van der Waals surface area (Å²) >= 11 is 0. The topological polar surface area (TPSA) is 32.3 Å². The minimum Gasteiger partial charge on any atom is -0.394 e. The first kappa shape index (κ1) is 12.4. The molecule has 1 fully saturated rings. The van der Waals surface area contributed by atoms with Gasteiger partial charge in [-0.2, -0.15) is 0 Å². The Morgan fingerprint density at radius 2 is 2.00 bits per heavy atom. The molecule has 0 unspecified atom stereocenters. The summed E-state index contributed by atoms with van der Waals surface area (Å²) in [5.41, 5.74) is 2.32. The molecule has 0 bridgehead atoms. The van der Waals surface area contributed by atoms with Gasteiger partial charge in [-0.3, -0.25) is 0 Å². The monoisotopic (exact) mass is 233 g/mol. The fourth-order valence-corrected chi connectivity index (χ4v) is 2.68. The number of rotatable bonds is 4. The number of aliphatic hydroxyl groups excluding tert-OH is 1. The van der Waals surface area contributed by atoms with Gasteiger partial charge in [0.15, 0.2) is 0 Å². The maximum Gasteiger partial charge on any atom is 0.0661 e. The zero-order chi connectivity index (χ0) is 12.5. The van der Waals surface area contributed by atoms with E-state index >= 15 is 0 Å². The number of para-hydroxylation sites is 1. The molecule has 0 aromatic heterocycles. The Kier molecular flexibility index (Phi) is 3.43. The molecule has 1 saturated carbocycles. The molecular weight excluding hydrogens is 210 g/mol. The van der Waals surface area contributed by atoms with E-state index in [9.17, 15) is 5.11 Å². The lowest BCUT2D eigenvalue weighted by Crippen LogP contribution is -2.54. The smallest absolute Gasteiger partial charge is 0.0661 e. The maximum absolute atomic E-state index is 9.63. The Morgan fingerprint density at radius 3 is 2.53 bits per heavy atom. The maximum atomic E-state index is 9.63. The van der Waals surface area contributed by atoms with E-state index < -0.39 is 0 Å². The van der Waals surface area contributed by atoms with Gasteiger partial charge in [-0.25, -0.2) is 0 Å². The van der Waals surface area contributed by atoms with Crippen LogP contribution in [-0.2, 0) is 0 Å². The van der Waals surface area contributed by atoms with Crippen molar-refractivity contribution in [2.75, 3.05) is 11.9 Å². The SMILES string of the molecule is Cc1ccccc1NC1(CO)CC(C(C)C)C1. The van der Waals surface area contributed by atoms with Crippen molar-refractivity contribution in [3.63, 3.8) is 0 Å². The molecule has 0 aliphatic heterocycles. The zero-order valence-electron chi connectivity index (χ0n) is 11.0. The van der Waals surface area contributed by atoms with E-state index in [1.54, 1.807) is 0 Å². The molecule has 0 spiro atoms. The van der Waals surface area contributed by atoms with Gasteiger partial charge in [0.25, 0.3) is 0 Å². The molecule has 0 heterocycles. The fraction of sp³-hybridized carbons (Fsp3) is 0.600. The Bertz CT molecular complexity index is 380. The minimum atomic E-state index is -0.0823. The Hall–Kier alpha value is -1.02. The van der Waals surface area contributed by atoms with E-state index in [4.69, 9.17) is 0 Å². The molecule has 1 aromatic rings. The van der Waals surface area contributed by atoms with Gasteiger partial charge in [0.1, 0.15) is 0 Å². The lowest BCUT2D eigenvalue weighted by Gasteiger charge is -2.49. The van der Waals surface area contributed by atoms with E-state index in [-0.39, 0.29) is 12.1 Å². The van der Waals surface area contributed by atoms with Crippen molar-refractivity contribution in [1.29, 1.82) is 0 Å². The molecule has 94 valence electrons. The van der Waals surface area contributed by atoms with Gasteiger partial charge in [-0.05, 0) is 43.2 Å². The predicted molar refractivity (Wildman–Crippen MR) is 72.2 cm³/mol. The molecule has 2 heteroatoms. The van der Waals surface area contributed by atoms with Crippen LogP contribution in [0.25, 0.3) is 0 Å². The molecule has 1 aliphatic rings. The Balaban J connectivity index is 2.05. The van der Waals surface area contributed by atoms with E-state index in [1.165, 1.54) is 5.56 Å². The molecule has 1 aliphatic carbocycles. The number of hydrogen-bond donors (Lipinski definition) is 2. The van der Waals surface area contributed by atoms with Gasteiger partial charge in [-0.1, -0.05) is 32.0 Å². The highest BCUT2D eigenvalue weighted by Gasteiger charge is 2.44. The number of aliphatic hydroxyl groups is 1. The number of aryl methyl sites for hydroxylation is 1. The highest BCUT2D eigenvalue weighted by atomic mass is 16.3. The first-order valence-corrected chi connectivity index (χ1v) is 6.51. The molecule has 2 N–H and O–H groups in total. The van der Waals surface area contributed by atoms with Gasteiger partial charge < -0.3 is 10.4 Å². The van der Waals surface area contributed by atoms with Crippen LogP contribution in [0.2, 0.25) is 0 Å². The van der Waals surface area contributed by atoms with Crippen molar-refractivity contribution >= 4 is 5.69 Å². The van der Waals surface area contributed by atoms with Gasteiger partial charge in [0, 0.05) is 5.69 Å². The second kappa shape index (κ2) is 4.69. The molecule has 0 atom stereocenters. The molecule has 0 amide bonds. The molecule has 0 saturated heterocycles. The molecular formula is C15H23NO. The third kappa shape index (κ3) is 2.47. The van der Waals surface area contributed by atoms with Gasteiger partial charge in [-0.15, -0.1) is 0 Å². The summed E-state index contributed by atoms with van der Waals surface area (Å²) in [5, 5.41) is 13.2. The van der Waals surface area contributed by atoms with Gasteiger partial charge in [0.05, 0.1) is 12.1 Å². The van der Waals surface area contributed by atoms with Crippen LogP contribution in [0.3, 0.4) is 0 Å². The Labute approximate surface area is 104 Å². The standard InChI is InChI=1S/C15H23NO/c1-11(2)13-8-15(9-13,10-17)16-14-7-5-4-6-12(14)3/h4-7,11,13,16-17H,8-10H2,1-3H3. The number of anilines is 1. The van der Waals surface area contributed by atoms with Crippen LogP contribution < -0.4 is 5.32 Å². The van der Waals surface area contributed by atoms with Crippen molar-refractivity contribution in [1.82, 2.24) is 0 Å². The van der Waals surface area contributed by atoms with Gasteiger partial charge in [0.2, 0.25) is 0 Å². The van der Waals surface area contributed by atoms with Crippen molar-refractivity contribution in [3.8, 4) is 0 Å². The number of nitrogens with one attached hydrogen (secondary N) is 1. The second-order valence-electron chi connectivity index (χ2n) is 5.79. The molecule has 1 aromatic carbocycles. The highest BCUT2D eigenvalue weighted by molar-refractivity contribution is 5.52. The summed E-state index contributed by atoms with van der Waals surface area (Å²) in [7, 11) is 0. The highest BCUT2D eigenvalue weighted by Crippen LogP contribution is 2.44. The van der Waals surface area contributed by atoms with Crippen LogP contribution in [0.15, 0.2) is 24.3 Å². The normalized spacial score (nSPS) is 27.9. The van der Waals surface area contributed by atoms with Crippen LogP contribution in [0.4, 0.5) is 5.69 Å². The summed E-state index contributed by atoms with van der Waals surface area (Å²) in [5.74, 6) is 1.46. The van der Waals surface area contributed by atoms with E-state index in [1.807, 2.05) is 12.1 Å². The summed E-state index contributed by atoms with van der Waals surface area (Å²) in [6.07, 6.45) is 2.16. The summed E-state index contributed by atoms with van der Waals surface area (Å²) in [6, 6.07) is 8.28.